The zero-order valence-corrected chi connectivity index (χ0v) is 17.1. The van der Waals surface area contributed by atoms with Gasteiger partial charge < -0.3 is 19.8 Å². The fourth-order valence-electron chi connectivity index (χ4n) is 2.90. The van der Waals surface area contributed by atoms with Crippen LogP contribution in [0.25, 0.3) is 22.0 Å². The third-order valence-corrected chi connectivity index (χ3v) is 4.16. The molecule has 0 unspecified atom stereocenters. The molecule has 0 radical (unpaired) electrons. The monoisotopic (exact) mass is 434 g/mol. The number of hydrogen-bond acceptors (Lipinski definition) is 4. The summed E-state index contributed by atoms with van der Waals surface area (Å²) in [5.41, 5.74) is -1.02. The first kappa shape index (κ1) is 22.2. The fourth-order valence-corrected chi connectivity index (χ4v) is 2.90. The van der Waals surface area contributed by atoms with Gasteiger partial charge >= 0.3 is 6.09 Å². The molecule has 0 bridgehead atoms. The van der Waals surface area contributed by atoms with Gasteiger partial charge in [0.25, 0.3) is 5.56 Å². The molecule has 0 atom stereocenters. The van der Waals surface area contributed by atoms with E-state index in [0.717, 1.165) is 24.3 Å². The van der Waals surface area contributed by atoms with Crippen LogP contribution in [-0.4, -0.2) is 29.8 Å². The zero-order chi connectivity index (χ0) is 22.8. The fraction of sp³-hybridized carbons (Fsp3) is 0.273. The van der Waals surface area contributed by atoms with Crippen LogP contribution in [0.3, 0.4) is 0 Å². The molecule has 2 N–H and O–H groups in total. The number of amides is 1. The van der Waals surface area contributed by atoms with Gasteiger partial charge in [-0.1, -0.05) is 0 Å². The predicted molar refractivity (Wildman–Crippen MR) is 110 cm³/mol. The van der Waals surface area contributed by atoms with Crippen LogP contribution in [-0.2, 0) is 4.74 Å². The van der Waals surface area contributed by atoms with Gasteiger partial charge in [-0.2, -0.15) is 0 Å². The van der Waals surface area contributed by atoms with Crippen LogP contribution in [0.15, 0.2) is 41.2 Å². The topological polar surface area (TPSA) is 80.4 Å². The molecule has 2 aromatic carbocycles. The van der Waals surface area contributed by atoms with Crippen molar-refractivity contribution < 1.29 is 27.4 Å². The van der Waals surface area contributed by atoms with Crippen molar-refractivity contribution in [3.05, 3.63) is 64.2 Å². The first-order chi connectivity index (χ1) is 14.5. The average Bonchev–Trinajstić information content (AvgIpc) is 2.67. The maximum atomic E-state index is 13.8. The zero-order valence-electron chi connectivity index (χ0n) is 17.1. The van der Waals surface area contributed by atoms with Gasteiger partial charge in [0.2, 0.25) is 0 Å². The maximum absolute atomic E-state index is 13.8. The molecule has 31 heavy (non-hydrogen) atoms. The Bertz CT molecular complexity index is 1190. The van der Waals surface area contributed by atoms with Gasteiger partial charge in [-0.15, -0.1) is 0 Å². The van der Waals surface area contributed by atoms with Crippen LogP contribution in [0, 0.1) is 17.5 Å². The molecule has 0 fully saturated rings. The Balaban J connectivity index is 1.94. The Morgan fingerprint density at radius 2 is 1.77 bits per heavy atom. The molecule has 3 rings (SSSR count). The number of fused-ring (bicyclic) bond motifs is 1. The largest absolute Gasteiger partial charge is 0.489 e. The third kappa shape index (κ3) is 5.36. The van der Waals surface area contributed by atoms with Crippen molar-refractivity contribution in [2.75, 3.05) is 13.2 Å². The minimum Gasteiger partial charge on any atom is -0.489 e. The summed E-state index contributed by atoms with van der Waals surface area (Å²) in [7, 11) is 0. The summed E-state index contributed by atoms with van der Waals surface area (Å²) >= 11 is 0. The number of hydrogen-bond donors (Lipinski definition) is 2. The van der Waals surface area contributed by atoms with Crippen molar-refractivity contribution in [2.45, 2.75) is 26.4 Å². The number of nitrogens with one attached hydrogen (secondary N) is 2. The summed E-state index contributed by atoms with van der Waals surface area (Å²) in [6, 6.07) is 6.69. The molecule has 0 saturated carbocycles. The summed E-state index contributed by atoms with van der Waals surface area (Å²) in [4.78, 5) is 26.8. The molecule has 0 aliphatic carbocycles. The number of pyridine rings is 1. The first-order valence-electron chi connectivity index (χ1n) is 9.46. The second kappa shape index (κ2) is 8.71. The Morgan fingerprint density at radius 3 is 2.45 bits per heavy atom. The maximum Gasteiger partial charge on any atom is 0.407 e. The number of alkyl carbamates (subject to hydrolysis) is 1. The molecule has 0 aliphatic heterocycles. The van der Waals surface area contributed by atoms with Crippen molar-refractivity contribution in [3.63, 3.8) is 0 Å². The molecule has 0 aliphatic rings. The normalized spacial score (nSPS) is 11.4. The van der Waals surface area contributed by atoms with Gasteiger partial charge in [0.05, 0.1) is 17.6 Å². The highest BCUT2D eigenvalue weighted by Gasteiger charge is 2.18. The number of ether oxygens (including phenoxy) is 2. The lowest BCUT2D eigenvalue weighted by Gasteiger charge is -2.20. The molecule has 1 amide bonds. The summed E-state index contributed by atoms with van der Waals surface area (Å²) in [6.07, 6.45) is -0.634. The Kier molecular flexibility index (Phi) is 6.24. The molecular weight excluding hydrogens is 413 g/mol. The lowest BCUT2D eigenvalue weighted by molar-refractivity contribution is 0.0520. The van der Waals surface area contributed by atoms with E-state index in [1.165, 1.54) is 12.1 Å². The predicted octanol–water partition coefficient (Wildman–Crippen LogP) is 4.52. The van der Waals surface area contributed by atoms with E-state index in [2.05, 4.69) is 10.3 Å². The second-order valence-corrected chi connectivity index (χ2v) is 7.75. The van der Waals surface area contributed by atoms with Gasteiger partial charge in [-0.25, -0.2) is 18.0 Å². The van der Waals surface area contributed by atoms with Crippen molar-refractivity contribution in [3.8, 4) is 17.0 Å². The highest BCUT2D eigenvalue weighted by Crippen LogP contribution is 2.34. The first-order valence-corrected chi connectivity index (χ1v) is 9.46. The quantitative estimate of drug-likeness (QED) is 0.579. The lowest BCUT2D eigenvalue weighted by atomic mass is 10.1. The number of benzene rings is 2. The third-order valence-electron chi connectivity index (χ3n) is 4.16. The van der Waals surface area contributed by atoms with Crippen LogP contribution >= 0.6 is 0 Å². The van der Waals surface area contributed by atoms with Crippen molar-refractivity contribution in [2.24, 2.45) is 0 Å². The van der Waals surface area contributed by atoms with Crippen LogP contribution in [0.2, 0.25) is 0 Å². The number of aromatic nitrogens is 1. The summed E-state index contributed by atoms with van der Waals surface area (Å²) < 4.78 is 51.7. The van der Waals surface area contributed by atoms with Crippen molar-refractivity contribution >= 4 is 16.9 Å². The van der Waals surface area contributed by atoms with Gasteiger partial charge in [0.15, 0.2) is 17.4 Å². The van der Waals surface area contributed by atoms with E-state index >= 15 is 0 Å². The molecule has 0 spiro atoms. The van der Waals surface area contributed by atoms with E-state index in [-0.39, 0.29) is 40.9 Å². The number of carbonyl (C=O) groups is 1. The molecule has 1 heterocycles. The molecule has 164 valence electrons. The molecule has 6 nitrogen and oxygen atoms in total. The van der Waals surface area contributed by atoms with Gasteiger partial charge in [0, 0.05) is 10.9 Å². The van der Waals surface area contributed by atoms with Gasteiger partial charge in [0.1, 0.15) is 18.0 Å². The van der Waals surface area contributed by atoms with E-state index in [1.54, 1.807) is 20.8 Å². The molecule has 0 saturated heterocycles. The smallest absolute Gasteiger partial charge is 0.407 e. The van der Waals surface area contributed by atoms with Crippen molar-refractivity contribution in [1.82, 2.24) is 10.3 Å². The van der Waals surface area contributed by atoms with Gasteiger partial charge in [-0.05, 0) is 57.2 Å². The Labute approximate surface area is 176 Å². The van der Waals surface area contributed by atoms with E-state index in [1.807, 2.05) is 0 Å². The molecule has 3 aromatic rings. The number of aromatic amines is 1. The Morgan fingerprint density at radius 1 is 1.03 bits per heavy atom. The molecule has 1 aromatic heterocycles. The van der Waals surface area contributed by atoms with Crippen LogP contribution < -0.4 is 15.6 Å². The van der Waals surface area contributed by atoms with E-state index in [9.17, 15) is 22.8 Å². The highest BCUT2D eigenvalue weighted by molar-refractivity contribution is 5.93. The Hall–Kier alpha value is -3.49. The molecular formula is C22H21F3N2O4. The SMILES string of the molecule is CC(C)(C)OC(=O)NCCOc1c(-c2ccc(F)c(F)c2)[nH]c(=O)c2cc(F)ccc12. The summed E-state index contributed by atoms with van der Waals surface area (Å²) in [5, 5.41) is 2.84. The average molecular weight is 434 g/mol. The van der Waals surface area contributed by atoms with Crippen LogP contribution in [0.1, 0.15) is 20.8 Å². The van der Waals surface area contributed by atoms with E-state index in [4.69, 9.17) is 9.47 Å². The van der Waals surface area contributed by atoms with Crippen molar-refractivity contribution in [1.29, 1.82) is 0 Å². The van der Waals surface area contributed by atoms with Crippen LogP contribution in [0.4, 0.5) is 18.0 Å². The number of carbonyl (C=O) groups excluding carboxylic acids is 1. The summed E-state index contributed by atoms with van der Waals surface area (Å²) in [5.74, 6) is -2.63. The van der Waals surface area contributed by atoms with Gasteiger partial charge in [-0.3, -0.25) is 4.79 Å². The number of rotatable bonds is 5. The lowest BCUT2D eigenvalue weighted by Crippen LogP contribution is -2.34. The standard InChI is InChI=1S/C22H21F3N2O4/c1-22(2,3)31-21(29)26-8-9-30-19-14-6-5-13(23)11-15(14)20(28)27-18(19)12-4-7-16(24)17(25)10-12/h4-7,10-11H,8-9H2,1-3H3,(H,26,29)(H,27,28). The van der Waals surface area contributed by atoms with Crippen LogP contribution in [0.5, 0.6) is 5.75 Å². The second-order valence-electron chi connectivity index (χ2n) is 7.75. The van der Waals surface area contributed by atoms with E-state index in [0.29, 0.717) is 0 Å². The number of halogens is 3. The van der Waals surface area contributed by atoms with E-state index < -0.39 is 34.7 Å². The minimum absolute atomic E-state index is 0.0291. The number of H-pyrrole nitrogens is 1. The minimum atomic E-state index is -1.10. The molecule has 9 heteroatoms. The summed E-state index contributed by atoms with van der Waals surface area (Å²) in [6.45, 7) is 5.21. The highest BCUT2D eigenvalue weighted by atomic mass is 19.2.